The zero-order valence-electron chi connectivity index (χ0n) is 14.3. The van der Waals surface area contributed by atoms with E-state index in [1.807, 2.05) is 41.8 Å². The molecule has 4 N–H and O–H groups in total. The third kappa shape index (κ3) is 5.09. The van der Waals surface area contributed by atoms with Gasteiger partial charge in [0.1, 0.15) is 0 Å². The summed E-state index contributed by atoms with van der Waals surface area (Å²) in [6, 6.07) is 17.6. The van der Waals surface area contributed by atoms with Crippen LogP contribution >= 0.6 is 22.9 Å². The van der Waals surface area contributed by atoms with Gasteiger partial charge in [-0.1, -0.05) is 41.9 Å². The van der Waals surface area contributed by atoms with Crippen molar-refractivity contribution in [2.75, 3.05) is 0 Å². The van der Waals surface area contributed by atoms with Gasteiger partial charge in [0, 0.05) is 22.0 Å². The number of primary amides is 1. The number of hydrogen-bond acceptors (Lipinski definition) is 3. The van der Waals surface area contributed by atoms with Crippen molar-refractivity contribution in [3.8, 4) is 0 Å². The van der Waals surface area contributed by atoms with Gasteiger partial charge in [-0.15, -0.1) is 11.3 Å². The molecule has 0 aliphatic carbocycles. The Morgan fingerprint density at radius 1 is 1.04 bits per heavy atom. The third-order valence-electron chi connectivity index (χ3n) is 3.99. The third-order valence-corrected chi connectivity index (χ3v) is 5.18. The molecule has 0 saturated heterocycles. The lowest BCUT2D eigenvalue weighted by molar-refractivity contribution is 0.0943. The Bertz CT molecular complexity index is 909. The molecule has 3 rings (SSSR count). The van der Waals surface area contributed by atoms with E-state index in [0.29, 0.717) is 17.1 Å². The Hall–Kier alpha value is -2.83. The summed E-state index contributed by atoms with van der Waals surface area (Å²) in [7, 11) is 0. The van der Waals surface area contributed by atoms with E-state index in [2.05, 4.69) is 10.6 Å². The summed E-state index contributed by atoms with van der Waals surface area (Å²) in [5.41, 5.74) is 7.41. The van der Waals surface area contributed by atoms with Crippen LogP contribution in [0.2, 0.25) is 5.02 Å². The van der Waals surface area contributed by atoms with E-state index in [0.717, 1.165) is 16.0 Å². The van der Waals surface area contributed by atoms with Crippen LogP contribution in [0.1, 0.15) is 32.4 Å². The van der Waals surface area contributed by atoms with Gasteiger partial charge in [0.05, 0.1) is 6.04 Å². The van der Waals surface area contributed by atoms with Crippen LogP contribution in [0.25, 0.3) is 0 Å². The van der Waals surface area contributed by atoms with Gasteiger partial charge in [-0.05, 0) is 46.8 Å². The van der Waals surface area contributed by atoms with Crippen molar-refractivity contribution < 1.29 is 9.59 Å². The summed E-state index contributed by atoms with van der Waals surface area (Å²) in [6.45, 7) is 0.319. The number of nitrogens with one attached hydrogen (secondary N) is 2. The Labute approximate surface area is 166 Å². The molecule has 5 nitrogen and oxygen atoms in total. The van der Waals surface area contributed by atoms with Crippen LogP contribution in [-0.4, -0.2) is 11.9 Å². The SMILES string of the molecule is NC(=O)NCc1ccc(C(=O)NC(c2ccc(Cl)cc2)c2cccs2)cc1. The molecule has 7 heteroatoms. The van der Waals surface area contributed by atoms with E-state index in [9.17, 15) is 9.59 Å². The van der Waals surface area contributed by atoms with Crippen molar-refractivity contribution in [2.45, 2.75) is 12.6 Å². The highest BCUT2D eigenvalue weighted by Gasteiger charge is 2.18. The van der Waals surface area contributed by atoms with E-state index >= 15 is 0 Å². The number of halogens is 1. The number of amides is 3. The van der Waals surface area contributed by atoms with Gasteiger partial charge < -0.3 is 16.4 Å². The van der Waals surface area contributed by atoms with Crippen LogP contribution in [0.3, 0.4) is 0 Å². The average molecular weight is 400 g/mol. The smallest absolute Gasteiger partial charge is 0.312 e. The molecule has 27 heavy (non-hydrogen) atoms. The molecule has 1 atom stereocenters. The van der Waals surface area contributed by atoms with Crippen molar-refractivity contribution in [1.29, 1.82) is 0 Å². The molecule has 0 aliphatic heterocycles. The van der Waals surface area contributed by atoms with Gasteiger partial charge in [-0.25, -0.2) is 4.79 Å². The van der Waals surface area contributed by atoms with E-state index in [1.54, 1.807) is 35.6 Å². The lowest BCUT2D eigenvalue weighted by Crippen LogP contribution is -2.29. The predicted molar refractivity (Wildman–Crippen MR) is 108 cm³/mol. The number of urea groups is 1. The van der Waals surface area contributed by atoms with Gasteiger partial charge in [0.25, 0.3) is 5.91 Å². The first-order valence-electron chi connectivity index (χ1n) is 8.25. The molecule has 0 bridgehead atoms. The maximum Gasteiger partial charge on any atom is 0.312 e. The summed E-state index contributed by atoms with van der Waals surface area (Å²) in [5.74, 6) is -0.183. The second kappa shape index (κ2) is 8.70. The minimum Gasteiger partial charge on any atom is -0.352 e. The molecule has 0 radical (unpaired) electrons. The van der Waals surface area contributed by atoms with Crippen LogP contribution in [0.15, 0.2) is 66.0 Å². The molecule has 0 saturated carbocycles. The van der Waals surface area contributed by atoms with Gasteiger partial charge in [0.2, 0.25) is 0 Å². The summed E-state index contributed by atoms with van der Waals surface area (Å²) >= 11 is 7.56. The largest absolute Gasteiger partial charge is 0.352 e. The van der Waals surface area contributed by atoms with Crippen LogP contribution in [0, 0.1) is 0 Å². The molecule has 0 fully saturated rings. The number of hydrogen-bond donors (Lipinski definition) is 3. The highest BCUT2D eigenvalue weighted by molar-refractivity contribution is 7.10. The van der Waals surface area contributed by atoms with Gasteiger partial charge in [-0.2, -0.15) is 0 Å². The zero-order valence-corrected chi connectivity index (χ0v) is 15.9. The van der Waals surface area contributed by atoms with Crippen LogP contribution < -0.4 is 16.4 Å². The number of carbonyl (C=O) groups is 2. The molecule has 138 valence electrons. The lowest BCUT2D eigenvalue weighted by Gasteiger charge is -2.18. The van der Waals surface area contributed by atoms with Crippen LogP contribution in [0.4, 0.5) is 4.79 Å². The second-order valence-electron chi connectivity index (χ2n) is 5.89. The first-order valence-corrected chi connectivity index (χ1v) is 9.50. The van der Waals surface area contributed by atoms with Crippen molar-refractivity contribution in [2.24, 2.45) is 5.73 Å². The molecular formula is C20H18ClN3O2S. The number of thiophene rings is 1. The highest BCUT2D eigenvalue weighted by atomic mass is 35.5. The van der Waals surface area contributed by atoms with Crippen molar-refractivity contribution in [3.05, 3.63) is 92.6 Å². The number of rotatable bonds is 6. The molecule has 0 spiro atoms. The summed E-state index contributed by atoms with van der Waals surface area (Å²) in [4.78, 5) is 24.6. The molecule has 2 aromatic carbocycles. The summed E-state index contributed by atoms with van der Waals surface area (Å²) in [6.07, 6.45) is 0. The van der Waals surface area contributed by atoms with Crippen LogP contribution in [0.5, 0.6) is 0 Å². The fourth-order valence-electron chi connectivity index (χ4n) is 2.61. The minimum atomic E-state index is -0.585. The Morgan fingerprint density at radius 3 is 2.33 bits per heavy atom. The standard InChI is InChI=1S/C20H18ClN3O2S/c21-16-9-7-14(8-10-16)18(17-2-1-11-27-17)24-19(25)15-5-3-13(4-6-15)12-23-20(22)26/h1-11,18H,12H2,(H,24,25)(H3,22,23,26). The van der Waals surface area contributed by atoms with Gasteiger partial charge >= 0.3 is 6.03 Å². The van der Waals surface area contributed by atoms with E-state index in [1.165, 1.54) is 0 Å². The zero-order chi connectivity index (χ0) is 19.2. The molecule has 3 amide bonds. The van der Waals surface area contributed by atoms with Crippen molar-refractivity contribution in [3.63, 3.8) is 0 Å². The molecule has 1 heterocycles. The summed E-state index contributed by atoms with van der Waals surface area (Å²) < 4.78 is 0. The molecule has 1 unspecified atom stereocenters. The van der Waals surface area contributed by atoms with E-state index in [4.69, 9.17) is 17.3 Å². The van der Waals surface area contributed by atoms with Crippen molar-refractivity contribution in [1.82, 2.24) is 10.6 Å². The fourth-order valence-corrected chi connectivity index (χ4v) is 3.54. The predicted octanol–water partition coefficient (Wildman–Crippen LogP) is 4.09. The lowest BCUT2D eigenvalue weighted by atomic mass is 10.0. The number of nitrogens with two attached hydrogens (primary N) is 1. The molecular weight excluding hydrogens is 382 g/mol. The maximum atomic E-state index is 12.7. The van der Waals surface area contributed by atoms with E-state index in [-0.39, 0.29) is 11.9 Å². The Kier molecular flexibility index (Phi) is 6.11. The van der Waals surface area contributed by atoms with Gasteiger partial charge in [-0.3, -0.25) is 4.79 Å². The Morgan fingerprint density at radius 2 is 1.74 bits per heavy atom. The first kappa shape index (κ1) is 18.9. The maximum absolute atomic E-state index is 12.7. The average Bonchev–Trinajstić information content (AvgIpc) is 3.20. The molecule has 3 aromatic rings. The van der Waals surface area contributed by atoms with Crippen molar-refractivity contribution >= 4 is 34.9 Å². The van der Waals surface area contributed by atoms with E-state index < -0.39 is 6.03 Å². The minimum absolute atomic E-state index is 0.183. The van der Waals surface area contributed by atoms with Gasteiger partial charge in [0.15, 0.2) is 0 Å². The first-order chi connectivity index (χ1) is 13.0. The molecule has 0 aliphatic rings. The molecule has 1 aromatic heterocycles. The number of benzene rings is 2. The van der Waals surface area contributed by atoms with Crippen LogP contribution in [-0.2, 0) is 6.54 Å². The monoisotopic (exact) mass is 399 g/mol. The number of carbonyl (C=O) groups excluding carboxylic acids is 2. The topological polar surface area (TPSA) is 84.2 Å². The second-order valence-corrected chi connectivity index (χ2v) is 7.30. The Balaban J connectivity index is 1.76. The summed E-state index contributed by atoms with van der Waals surface area (Å²) in [5, 5.41) is 8.22. The highest BCUT2D eigenvalue weighted by Crippen LogP contribution is 2.27. The quantitative estimate of drug-likeness (QED) is 0.583. The fraction of sp³-hybridized carbons (Fsp3) is 0.100. The normalized spacial score (nSPS) is 11.6.